The number of aliphatic hydroxyl groups is 1. The van der Waals surface area contributed by atoms with Gasteiger partial charge in [0.1, 0.15) is 28.8 Å². The zero-order valence-electron chi connectivity index (χ0n) is 14.9. The average Bonchev–Trinajstić information content (AvgIpc) is 2.58. The fourth-order valence-electron chi connectivity index (χ4n) is 3.40. The van der Waals surface area contributed by atoms with Gasteiger partial charge in [0.25, 0.3) is 0 Å². The summed E-state index contributed by atoms with van der Waals surface area (Å²) in [6.45, 7) is 1.40. The van der Waals surface area contributed by atoms with E-state index in [1.54, 1.807) is 0 Å². The highest BCUT2D eigenvalue weighted by Crippen LogP contribution is 2.45. The summed E-state index contributed by atoms with van der Waals surface area (Å²) in [5.41, 5.74) is -1.73. The Kier molecular flexibility index (Phi) is 4.82. The van der Waals surface area contributed by atoms with Gasteiger partial charge >= 0.3 is 0 Å². The molecule has 0 amide bonds. The first-order valence-corrected chi connectivity index (χ1v) is 8.55. The smallest absolute Gasteiger partial charge is 0.201 e. The molecule has 1 atom stereocenters. The minimum atomic E-state index is -1.37. The molecule has 8 nitrogen and oxygen atoms in total. The average molecular weight is 386 g/mol. The van der Waals surface area contributed by atoms with Crippen molar-refractivity contribution in [1.82, 2.24) is 0 Å². The molecule has 0 spiro atoms. The maximum Gasteiger partial charge on any atom is 0.201 e. The number of phenols is 4. The summed E-state index contributed by atoms with van der Waals surface area (Å²) in [6.07, 6.45) is -0.840. The molecular weight excluding hydrogens is 368 g/mol. The number of carbonyl (C=O) groups is 3. The van der Waals surface area contributed by atoms with Crippen molar-refractivity contribution in [2.24, 2.45) is 0 Å². The van der Waals surface area contributed by atoms with Crippen LogP contribution in [0.4, 0.5) is 0 Å². The van der Waals surface area contributed by atoms with Gasteiger partial charge in [-0.1, -0.05) is 0 Å². The predicted octanol–water partition coefficient (Wildman–Crippen LogP) is 2.08. The second-order valence-corrected chi connectivity index (χ2v) is 6.74. The molecule has 0 aliphatic heterocycles. The Morgan fingerprint density at radius 3 is 2.21 bits per heavy atom. The lowest BCUT2D eigenvalue weighted by molar-refractivity contribution is -0.117. The summed E-state index contributed by atoms with van der Waals surface area (Å²) in [7, 11) is 0. The number of hydrogen-bond donors (Lipinski definition) is 5. The molecule has 0 unspecified atom stereocenters. The van der Waals surface area contributed by atoms with E-state index in [0.717, 1.165) is 18.2 Å². The third-order valence-corrected chi connectivity index (χ3v) is 4.70. The molecule has 0 fully saturated rings. The standard InChI is InChI=1S/C20H18O8/c1-8(21)3-2-4-12(23)17-14(25)7-11-16(20(17)28)19(27)15-10(18(11)26)5-9(22)6-13(15)24/h5-7,12,22-25,28H,2-4H2,1H3/t12-/m0/s1. The van der Waals surface area contributed by atoms with Crippen LogP contribution in [0.15, 0.2) is 18.2 Å². The Morgan fingerprint density at radius 1 is 0.929 bits per heavy atom. The topological polar surface area (TPSA) is 152 Å². The van der Waals surface area contributed by atoms with Gasteiger partial charge in [0.2, 0.25) is 5.78 Å². The van der Waals surface area contributed by atoms with E-state index in [4.69, 9.17) is 0 Å². The van der Waals surface area contributed by atoms with E-state index in [1.165, 1.54) is 6.92 Å². The number of phenolic OH excluding ortho intramolecular Hbond substituents is 4. The number of rotatable bonds is 5. The van der Waals surface area contributed by atoms with Crippen LogP contribution in [0, 0.1) is 0 Å². The molecule has 2 aromatic carbocycles. The summed E-state index contributed by atoms with van der Waals surface area (Å²) in [5, 5.41) is 50.7. The lowest BCUT2D eigenvalue weighted by Crippen LogP contribution is -2.22. The van der Waals surface area contributed by atoms with Gasteiger partial charge < -0.3 is 30.3 Å². The largest absolute Gasteiger partial charge is 0.508 e. The quantitative estimate of drug-likeness (QED) is 0.447. The monoisotopic (exact) mass is 386 g/mol. The molecule has 0 saturated carbocycles. The number of ketones is 3. The zero-order chi connectivity index (χ0) is 20.7. The van der Waals surface area contributed by atoms with Crippen LogP contribution in [0.5, 0.6) is 23.0 Å². The number of aromatic hydroxyl groups is 4. The first-order chi connectivity index (χ1) is 13.1. The van der Waals surface area contributed by atoms with Gasteiger partial charge in [0.15, 0.2) is 5.78 Å². The third-order valence-electron chi connectivity index (χ3n) is 4.70. The molecule has 1 aliphatic rings. The van der Waals surface area contributed by atoms with Crippen molar-refractivity contribution in [3.63, 3.8) is 0 Å². The van der Waals surface area contributed by atoms with Crippen LogP contribution < -0.4 is 0 Å². The zero-order valence-corrected chi connectivity index (χ0v) is 14.9. The highest BCUT2D eigenvalue weighted by Gasteiger charge is 2.37. The molecule has 5 N–H and O–H groups in total. The van der Waals surface area contributed by atoms with Gasteiger partial charge in [0.05, 0.1) is 22.8 Å². The van der Waals surface area contributed by atoms with Gasteiger partial charge in [-0.2, -0.15) is 0 Å². The Hall–Kier alpha value is -3.39. The molecule has 3 rings (SSSR count). The van der Waals surface area contributed by atoms with Crippen LogP contribution >= 0.6 is 0 Å². The summed E-state index contributed by atoms with van der Waals surface area (Å²) in [5.74, 6) is -4.14. The van der Waals surface area contributed by atoms with E-state index in [-0.39, 0.29) is 40.9 Å². The van der Waals surface area contributed by atoms with Crippen molar-refractivity contribution in [2.75, 3.05) is 0 Å². The van der Waals surface area contributed by atoms with Crippen molar-refractivity contribution >= 4 is 17.3 Å². The van der Waals surface area contributed by atoms with Gasteiger partial charge in [-0.25, -0.2) is 0 Å². The molecule has 0 bridgehead atoms. The first kappa shape index (κ1) is 19.4. The Bertz CT molecular complexity index is 1020. The van der Waals surface area contributed by atoms with Crippen LogP contribution in [-0.2, 0) is 4.79 Å². The highest BCUT2D eigenvalue weighted by molar-refractivity contribution is 6.30. The molecule has 2 aromatic rings. The molecule has 8 heteroatoms. The molecule has 0 saturated heterocycles. The van der Waals surface area contributed by atoms with E-state index in [0.29, 0.717) is 6.42 Å². The van der Waals surface area contributed by atoms with Gasteiger partial charge in [0, 0.05) is 23.6 Å². The Morgan fingerprint density at radius 2 is 1.57 bits per heavy atom. The predicted molar refractivity (Wildman–Crippen MR) is 95.9 cm³/mol. The van der Waals surface area contributed by atoms with Crippen LogP contribution in [0.2, 0.25) is 0 Å². The molecule has 1 aliphatic carbocycles. The number of hydrogen-bond acceptors (Lipinski definition) is 8. The summed E-state index contributed by atoms with van der Waals surface area (Å²) in [4.78, 5) is 36.6. The first-order valence-electron chi connectivity index (χ1n) is 8.55. The van der Waals surface area contributed by atoms with Crippen LogP contribution in [0.25, 0.3) is 0 Å². The number of benzene rings is 2. The fourth-order valence-corrected chi connectivity index (χ4v) is 3.40. The van der Waals surface area contributed by atoms with E-state index in [9.17, 15) is 39.9 Å². The number of aliphatic hydroxyl groups excluding tert-OH is 1. The normalized spacial score (nSPS) is 13.8. The third kappa shape index (κ3) is 3.07. The summed E-state index contributed by atoms with van der Waals surface area (Å²) >= 11 is 0. The highest BCUT2D eigenvalue weighted by atomic mass is 16.3. The number of carbonyl (C=O) groups excluding carboxylic acids is 3. The van der Waals surface area contributed by atoms with Crippen molar-refractivity contribution in [1.29, 1.82) is 0 Å². The van der Waals surface area contributed by atoms with Crippen LogP contribution in [0.1, 0.15) is 69.7 Å². The Labute approximate surface area is 159 Å². The second-order valence-electron chi connectivity index (χ2n) is 6.74. The Balaban J connectivity index is 2.11. The van der Waals surface area contributed by atoms with E-state index >= 15 is 0 Å². The second kappa shape index (κ2) is 6.97. The van der Waals surface area contributed by atoms with Gasteiger partial charge in [-0.15, -0.1) is 0 Å². The minimum Gasteiger partial charge on any atom is -0.508 e. The molecule has 28 heavy (non-hydrogen) atoms. The molecule has 0 heterocycles. The van der Waals surface area contributed by atoms with Crippen molar-refractivity contribution in [3.8, 4) is 23.0 Å². The number of Topliss-reactive ketones (excluding diaryl/α,β-unsaturated/α-hetero) is 1. The number of fused-ring (bicyclic) bond motifs is 2. The van der Waals surface area contributed by atoms with Gasteiger partial charge in [-0.3, -0.25) is 9.59 Å². The van der Waals surface area contributed by atoms with Crippen molar-refractivity contribution in [2.45, 2.75) is 32.3 Å². The molecule has 146 valence electrons. The molecule has 0 radical (unpaired) electrons. The van der Waals surface area contributed by atoms with E-state index in [2.05, 4.69) is 0 Å². The van der Waals surface area contributed by atoms with Crippen molar-refractivity contribution in [3.05, 3.63) is 46.0 Å². The fraction of sp³-hybridized carbons (Fsp3) is 0.250. The van der Waals surface area contributed by atoms with Crippen LogP contribution in [0.3, 0.4) is 0 Å². The molecule has 0 aromatic heterocycles. The molecular formula is C20H18O8. The maximum atomic E-state index is 12.8. The summed E-state index contributed by atoms with van der Waals surface area (Å²) < 4.78 is 0. The lowest BCUT2D eigenvalue weighted by Gasteiger charge is -2.23. The van der Waals surface area contributed by atoms with E-state index < -0.39 is 46.2 Å². The van der Waals surface area contributed by atoms with Gasteiger partial charge in [-0.05, 0) is 31.9 Å². The minimum absolute atomic E-state index is 0.0390. The maximum absolute atomic E-state index is 12.8. The SMILES string of the molecule is CC(=O)CCC[C@H](O)c1c(O)cc2c(c1O)C(=O)c1c(O)cc(O)cc1C2=O. The summed E-state index contributed by atoms with van der Waals surface area (Å²) in [6, 6.07) is 2.86. The van der Waals surface area contributed by atoms with Crippen molar-refractivity contribution < 1.29 is 39.9 Å². The van der Waals surface area contributed by atoms with E-state index in [1.807, 2.05) is 0 Å². The van der Waals surface area contributed by atoms with Crippen LogP contribution in [-0.4, -0.2) is 42.9 Å². The lowest BCUT2D eigenvalue weighted by atomic mass is 9.81.